The Hall–Kier alpha value is -1.59. The quantitative estimate of drug-likeness (QED) is 0.921. The SMILES string of the molecule is CCc1nn(C)c(COc2ccc(F)cc2C(C)N)c1Cl. The fourth-order valence-electron chi connectivity index (χ4n) is 2.13. The Morgan fingerprint density at radius 3 is 2.76 bits per heavy atom. The Kier molecular flexibility index (Phi) is 4.85. The summed E-state index contributed by atoms with van der Waals surface area (Å²) in [5.74, 6) is 0.225. The highest BCUT2D eigenvalue weighted by Gasteiger charge is 2.15. The summed E-state index contributed by atoms with van der Waals surface area (Å²) in [7, 11) is 1.82. The molecule has 21 heavy (non-hydrogen) atoms. The molecular weight excluding hydrogens is 293 g/mol. The molecule has 0 fully saturated rings. The van der Waals surface area contributed by atoms with E-state index in [0.29, 0.717) is 16.3 Å². The number of ether oxygens (including phenoxy) is 1. The van der Waals surface area contributed by atoms with Crippen LogP contribution >= 0.6 is 11.6 Å². The lowest BCUT2D eigenvalue weighted by molar-refractivity contribution is 0.290. The summed E-state index contributed by atoms with van der Waals surface area (Å²) < 4.78 is 20.8. The van der Waals surface area contributed by atoms with Crippen molar-refractivity contribution in [3.05, 3.63) is 46.0 Å². The summed E-state index contributed by atoms with van der Waals surface area (Å²) >= 11 is 6.28. The van der Waals surface area contributed by atoms with E-state index in [2.05, 4.69) is 5.10 Å². The van der Waals surface area contributed by atoms with Crippen LogP contribution < -0.4 is 10.5 Å². The second-order valence-electron chi connectivity index (χ2n) is 4.94. The summed E-state index contributed by atoms with van der Waals surface area (Å²) in [6.45, 7) is 4.04. The number of hydrogen-bond donors (Lipinski definition) is 1. The predicted molar refractivity (Wildman–Crippen MR) is 80.9 cm³/mol. The first-order valence-electron chi connectivity index (χ1n) is 6.82. The lowest BCUT2D eigenvalue weighted by Crippen LogP contribution is -2.10. The van der Waals surface area contributed by atoms with Crippen molar-refractivity contribution >= 4 is 11.6 Å². The van der Waals surface area contributed by atoms with Gasteiger partial charge in [-0.05, 0) is 31.5 Å². The fourth-order valence-corrected chi connectivity index (χ4v) is 2.48. The van der Waals surface area contributed by atoms with Gasteiger partial charge in [0.25, 0.3) is 0 Å². The lowest BCUT2D eigenvalue weighted by atomic mass is 10.1. The zero-order valence-electron chi connectivity index (χ0n) is 12.4. The molecule has 1 aromatic carbocycles. The second kappa shape index (κ2) is 6.45. The van der Waals surface area contributed by atoms with Crippen molar-refractivity contribution < 1.29 is 9.13 Å². The van der Waals surface area contributed by atoms with Gasteiger partial charge in [0.15, 0.2) is 0 Å². The van der Waals surface area contributed by atoms with Gasteiger partial charge in [-0.1, -0.05) is 18.5 Å². The van der Waals surface area contributed by atoms with Crippen molar-refractivity contribution in [1.82, 2.24) is 9.78 Å². The molecule has 114 valence electrons. The highest BCUT2D eigenvalue weighted by atomic mass is 35.5. The summed E-state index contributed by atoms with van der Waals surface area (Å²) in [6.07, 6.45) is 0.758. The van der Waals surface area contributed by atoms with Crippen LogP contribution in [0, 0.1) is 5.82 Å². The van der Waals surface area contributed by atoms with E-state index in [0.717, 1.165) is 17.8 Å². The minimum Gasteiger partial charge on any atom is -0.487 e. The van der Waals surface area contributed by atoms with E-state index in [9.17, 15) is 4.39 Å². The standard InChI is InChI=1S/C15H19ClFN3O/c1-4-12-15(16)13(20(3)19-12)8-21-14-6-5-10(17)7-11(14)9(2)18/h5-7,9H,4,8,18H2,1-3H3. The first kappa shape index (κ1) is 15.8. The van der Waals surface area contributed by atoms with Crippen molar-refractivity contribution in [2.24, 2.45) is 12.8 Å². The van der Waals surface area contributed by atoms with Crippen molar-refractivity contribution in [2.75, 3.05) is 0 Å². The topological polar surface area (TPSA) is 53.1 Å². The maximum absolute atomic E-state index is 13.3. The van der Waals surface area contributed by atoms with Crippen molar-refractivity contribution in [3.8, 4) is 5.75 Å². The summed E-state index contributed by atoms with van der Waals surface area (Å²) in [5, 5.41) is 4.95. The third-order valence-electron chi connectivity index (χ3n) is 3.33. The van der Waals surface area contributed by atoms with E-state index >= 15 is 0 Å². The molecule has 1 atom stereocenters. The molecule has 2 rings (SSSR count). The number of benzene rings is 1. The molecule has 2 N–H and O–H groups in total. The Labute approximate surface area is 128 Å². The van der Waals surface area contributed by atoms with Gasteiger partial charge < -0.3 is 10.5 Å². The summed E-state index contributed by atoms with van der Waals surface area (Å²) in [5.41, 5.74) is 8.10. The van der Waals surface area contributed by atoms with Crippen LogP contribution in [-0.2, 0) is 20.1 Å². The number of halogens is 2. The van der Waals surface area contributed by atoms with Crippen LogP contribution in [0.3, 0.4) is 0 Å². The predicted octanol–water partition coefficient (Wildman–Crippen LogP) is 3.37. The highest BCUT2D eigenvalue weighted by Crippen LogP contribution is 2.27. The molecule has 4 nitrogen and oxygen atoms in total. The zero-order chi connectivity index (χ0) is 15.6. The average molecular weight is 312 g/mol. The highest BCUT2D eigenvalue weighted by molar-refractivity contribution is 6.31. The molecule has 2 aromatic rings. The molecule has 0 aliphatic rings. The number of rotatable bonds is 5. The van der Waals surface area contributed by atoms with Gasteiger partial charge in [0.05, 0.1) is 16.4 Å². The van der Waals surface area contributed by atoms with Crippen LogP contribution in [0.1, 0.15) is 36.8 Å². The Bertz CT molecular complexity index is 640. The molecule has 0 amide bonds. The van der Waals surface area contributed by atoms with Crippen molar-refractivity contribution in [2.45, 2.75) is 32.9 Å². The van der Waals surface area contributed by atoms with Crippen molar-refractivity contribution in [3.63, 3.8) is 0 Å². The van der Waals surface area contributed by atoms with Gasteiger partial charge in [-0.15, -0.1) is 0 Å². The van der Waals surface area contributed by atoms with Crippen LogP contribution in [-0.4, -0.2) is 9.78 Å². The maximum atomic E-state index is 13.3. The van der Waals surface area contributed by atoms with Crippen LogP contribution in [0.4, 0.5) is 4.39 Å². The Balaban J connectivity index is 2.23. The molecule has 0 spiro atoms. The van der Waals surface area contributed by atoms with Gasteiger partial charge >= 0.3 is 0 Å². The Morgan fingerprint density at radius 2 is 2.19 bits per heavy atom. The molecule has 6 heteroatoms. The molecule has 0 bridgehead atoms. The van der Waals surface area contributed by atoms with Crippen LogP contribution in [0.25, 0.3) is 0 Å². The summed E-state index contributed by atoms with van der Waals surface area (Å²) in [4.78, 5) is 0. The number of nitrogens with two attached hydrogens (primary N) is 1. The van der Waals surface area contributed by atoms with Gasteiger partial charge in [0, 0.05) is 18.7 Å². The monoisotopic (exact) mass is 311 g/mol. The molecular formula is C15H19ClFN3O. The third-order valence-corrected chi connectivity index (χ3v) is 3.77. The van der Waals surface area contributed by atoms with Gasteiger partial charge in [-0.25, -0.2) is 4.39 Å². The van der Waals surface area contributed by atoms with E-state index in [1.807, 2.05) is 14.0 Å². The van der Waals surface area contributed by atoms with Gasteiger partial charge in [0.2, 0.25) is 0 Å². The molecule has 1 aromatic heterocycles. The number of hydrogen-bond acceptors (Lipinski definition) is 3. The molecule has 0 aliphatic heterocycles. The second-order valence-corrected chi connectivity index (χ2v) is 5.32. The van der Waals surface area contributed by atoms with Gasteiger partial charge in [-0.2, -0.15) is 5.10 Å². The molecule has 0 radical (unpaired) electrons. The summed E-state index contributed by atoms with van der Waals surface area (Å²) in [6, 6.07) is 4.01. The fraction of sp³-hybridized carbons (Fsp3) is 0.400. The maximum Gasteiger partial charge on any atom is 0.131 e. The van der Waals surface area contributed by atoms with Crippen LogP contribution in [0.2, 0.25) is 5.02 Å². The van der Waals surface area contributed by atoms with E-state index < -0.39 is 0 Å². The van der Waals surface area contributed by atoms with E-state index in [4.69, 9.17) is 22.1 Å². The Morgan fingerprint density at radius 1 is 1.48 bits per heavy atom. The first-order chi connectivity index (χ1) is 9.93. The molecule has 0 aliphatic carbocycles. The number of nitrogens with zero attached hydrogens (tertiary/aromatic N) is 2. The minimum atomic E-state index is -0.332. The normalized spacial score (nSPS) is 12.5. The molecule has 0 saturated heterocycles. The van der Waals surface area contributed by atoms with E-state index in [1.54, 1.807) is 17.7 Å². The van der Waals surface area contributed by atoms with Crippen LogP contribution in [0.15, 0.2) is 18.2 Å². The van der Waals surface area contributed by atoms with Gasteiger partial charge in [-0.3, -0.25) is 4.68 Å². The molecule has 1 heterocycles. The van der Waals surface area contributed by atoms with Crippen LogP contribution in [0.5, 0.6) is 5.75 Å². The number of aryl methyl sites for hydroxylation is 2. The van der Waals surface area contributed by atoms with Crippen molar-refractivity contribution in [1.29, 1.82) is 0 Å². The van der Waals surface area contributed by atoms with E-state index in [1.165, 1.54) is 12.1 Å². The largest absolute Gasteiger partial charge is 0.487 e. The molecule has 0 saturated carbocycles. The van der Waals surface area contributed by atoms with Gasteiger partial charge in [0.1, 0.15) is 18.2 Å². The number of aromatic nitrogens is 2. The zero-order valence-corrected chi connectivity index (χ0v) is 13.1. The van der Waals surface area contributed by atoms with E-state index in [-0.39, 0.29) is 18.5 Å². The lowest BCUT2D eigenvalue weighted by Gasteiger charge is -2.14. The molecule has 1 unspecified atom stereocenters. The first-order valence-corrected chi connectivity index (χ1v) is 7.19. The average Bonchev–Trinajstić information content (AvgIpc) is 2.72. The smallest absolute Gasteiger partial charge is 0.131 e. The third kappa shape index (κ3) is 3.36. The minimum absolute atomic E-state index is 0.258.